The zero-order valence-corrected chi connectivity index (χ0v) is 23.2. The Kier molecular flexibility index (Phi) is 8.36. The van der Waals surface area contributed by atoms with Gasteiger partial charge in [0.25, 0.3) is 0 Å². The molecule has 2 aromatic rings. The van der Waals surface area contributed by atoms with Gasteiger partial charge in [0.15, 0.2) is 0 Å². The van der Waals surface area contributed by atoms with Crippen molar-refractivity contribution in [2.24, 2.45) is 5.92 Å². The number of carbonyl (C=O) groups is 3. The number of rotatable bonds is 6. The summed E-state index contributed by atoms with van der Waals surface area (Å²) in [6.07, 6.45) is 12.2. The number of amides is 1. The minimum Gasteiger partial charge on any atom is -0.465 e. The van der Waals surface area contributed by atoms with Crippen molar-refractivity contribution in [3.63, 3.8) is 0 Å². The normalized spacial score (nSPS) is 25.2. The van der Waals surface area contributed by atoms with E-state index < -0.39 is 11.9 Å². The zero-order valence-electron chi connectivity index (χ0n) is 23.2. The van der Waals surface area contributed by atoms with Crippen molar-refractivity contribution in [3.05, 3.63) is 58.7 Å². The Bertz CT molecular complexity index is 1210. The van der Waals surface area contributed by atoms with Crippen molar-refractivity contribution in [3.8, 4) is 11.5 Å². The molecule has 2 aliphatic heterocycles. The number of piperidine rings is 1. The number of ether oxygens (including phenoxy) is 2. The van der Waals surface area contributed by atoms with Crippen LogP contribution in [0.15, 0.2) is 36.4 Å². The molecule has 2 aromatic carbocycles. The van der Waals surface area contributed by atoms with E-state index in [0.717, 1.165) is 42.6 Å². The minimum atomic E-state index is -0.689. The molecule has 5 rings (SSSR count). The molecular weight excluding hydrogens is 492 g/mol. The third kappa shape index (κ3) is 6.19. The minimum absolute atomic E-state index is 0.0915. The molecule has 1 atom stereocenters. The number of benzene rings is 2. The molecule has 2 fully saturated rings. The van der Waals surface area contributed by atoms with Gasteiger partial charge in [-0.1, -0.05) is 32.1 Å². The van der Waals surface area contributed by atoms with Crippen LogP contribution in [0.3, 0.4) is 0 Å². The number of carbonyl (C=O) groups excluding carboxylic acids is 3. The predicted molar refractivity (Wildman–Crippen MR) is 149 cm³/mol. The fraction of sp³-hybridized carbons (Fsp3) is 0.531. The van der Waals surface area contributed by atoms with Gasteiger partial charge in [0.05, 0.1) is 45.3 Å². The molecule has 0 aromatic heterocycles. The van der Waals surface area contributed by atoms with E-state index in [1.807, 2.05) is 0 Å². The van der Waals surface area contributed by atoms with E-state index in [2.05, 4.69) is 12.4 Å². The second-order valence-corrected chi connectivity index (χ2v) is 11.9. The van der Waals surface area contributed by atoms with E-state index in [9.17, 15) is 14.4 Å². The fourth-order valence-corrected chi connectivity index (χ4v) is 6.79. The van der Waals surface area contributed by atoms with E-state index in [-0.39, 0.29) is 11.9 Å². The Balaban J connectivity index is 1.32. The summed E-state index contributed by atoms with van der Waals surface area (Å²) in [5.41, 5.74) is 2.06. The van der Waals surface area contributed by atoms with Gasteiger partial charge in [-0.2, -0.15) is 0 Å². The van der Waals surface area contributed by atoms with E-state index in [4.69, 9.17) is 9.47 Å². The molecule has 208 valence electrons. The maximum absolute atomic E-state index is 13.9. The Morgan fingerprint density at radius 1 is 0.949 bits per heavy atom. The third-order valence-electron chi connectivity index (χ3n) is 9.01. The van der Waals surface area contributed by atoms with Gasteiger partial charge in [-0.05, 0) is 49.2 Å². The largest absolute Gasteiger partial charge is 0.465 e. The topological polar surface area (TPSA) is 81.7 Å². The van der Waals surface area contributed by atoms with Crippen molar-refractivity contribution < 1.29 is 28.3 Å². The van der Waals surface area contributed by atoms with E-state index in [1.54, 1.807) is 36.4 Å². The quantitative estimate of drug-likeness (QED) is 0.297. The summed E-state index contributed by atoms with van der Waals surface area (Å²) in [6.45, 7) is 3.36. The lowest BCUT2D eigenvalue weighted by molar-refractivity contribution is -0.917. The van der Waals surface area contributed by atoms with Gasteiger partial charge in [0.2, 0.25) is 5.91 Å². The Labute approximate surface area is 231 Å². The second-order valence-electron chi connectivity index (χ2n) is 11.9. The first-order chi connectivity index (χ1) is 18.9. The van der Waals surface area contributed by atoms with Crippen LogP contribution in [-0.2, 0) is 9.53 Å². The van der Waals surface area contributed by atoms with Crippen LogP contribution in [-0.4, -0.2) is 62.5 Å². The second kappa shape index (κ2) is 11.9. The maximum Gasteiger partial charge on any atom is 0.337 e. The summed E-state index contributed by atoms with van der Waals surface area (Å²) < 4.78 is 12.1. The first-order valence-corrected chi connectivity index (χ1v) is 14.5. The van der Waals surface area contributed by atoms with Crippen molar-refractivity contribution in [1.82, 2.24) is 5.32 Å². The summed E-state index contributed by atoms with van der Waals surface area (Å²) in [5, 5.41) is 3.32. The van der Waals surface area contributed by atoms with Crippen molar-refractivity contribution in [2.45, 2.75) is 69.7 Å². The number of aldehydes is 1. The third-order valence-corrected chi connectivity index (χ3v) is 9.01. The van der Waals surface area contributed by atoms with Crippen molar-refractivity contribution >= 4 is 18.2 Å². The van der Waals surface area contributed by atoms with E-state index >= 15 is 0 Å². The number of hydrogen-bond donors (Lipinski definition) is 1. The molecule has 7 heteroatoms. The molecule has 2 heterocycles. The molecule has 0 radical (unpaired) electrons. The van der Waals surface area contributed by atoms with Crippen LogP contribution < -0.4 is 10.1 Å². The van der Waals surface area contributed by atoms with Crippen LogP contribution in [0.25, 0.3) is 0 Å². The van der Waals surface area contributed by atoms with Gasteiger partial charge in [-0.25, -0.2) is 4.79 Å². The summed E-state index contributed by atoms with van der Waals surface area (Å²) >= 11 is 0. The van der Waals surface area contributed by atoms with Crippen LogP contribution in [0.1, 0.15) is 95.5 Å². The van der Waals surface area contributed by atoms with Gasteiger partial charge in [-0.15, -0.1) is 0 Å². The van der Waals surface area contributed by atoms with Crippen LogP contribution >= 0.6 is 0 Å². The fourth-order valence-electron chi connectivity index (χ4n) is 6.79. The van der Waals surface area contributed by atoms with E-state index in [0.29, 0.717) is 33.8 Å². The average Bonchev–Trinajstić information content (AvgIpc) is 2.93. The Hall–Kier alpha value is -3.19. The lowest BCUT2D eigenvalue weighted by Crippen LogP contribution is -2.56. The number of methoxy groups -OCH3 is 1. The van der Waals surface area contributed by atoms with Gasteiger partial charge < -0.3 is 19.3 Å². The van der Waals surface area contributed by atoms with Gasteiger partial charge in [0, 0.05) is 41.5 Å². The number of likely N-dealkylation sites (tertiary alicyclic amines) is 1. The summed E-state index contributed by atoms with van der Waals surface area (Å²) in [7, 11) is 3.72. The number of quaternary nitrogens is 1. The maximum atomic E-state index is 13.9. The highest BCUT2D eigenvalue weighted by Gasteiger charge is 2.37. The van der Waals surface area contributed by atoms with Crippen LogP contribution in [0.5, 0.6) is 11.5 Å². The lowest BCUT2D eigenvalue weighted by Gasteiger charge is -2.43. The molecule has 39 heavy (non-hydrogen) atoms. The molecule has 0 bridgehead atoms. The first kappa shape index (κ1) is 27.4. The van der Waals surface area contributed by atoms with Crippen LogP contribution in [0.2, 0.25) is 0 Å². The molecule has 1 amide bonds. The molecule has 1 aliphatic carbocycles. The van der Waals surface area contributed by atoms with Crippen molar-refractivity contribution in [2.75, 3.05) is 33.8 Å². The molecule has 1 N–H and O–H groups in total. The van der Waals surface area contributed by atoms with Crippen molar-refractivity contribution in [1.29, 1.82) is 0 Å². The number of hydrogen-bond acceptors (Lipinski definition) is 5. The van der Waals surface area contributed by atoms with Crippen LogP contribution in [0.4, 0.5) is 0 Å². The highest BCUT2D eigenvalue weighted by atomic mass is 16.5. The summed E-state index contributed by atoms with van der Waals surface area (Å²) in [6, 6.07) is 10.2. The first-order valence-electron chi connectivity index (χ1n) is 14.5. The lowest BCUT2D eigenvalue weighted by atomic mass is 9.85. The van der Waals surface area contributed by atoms with Gasteiger partial charge >= 0.3 is 5.97 Å². The van der Waals surface area contributed by atoms with Gasteiger partial charge in [-0.3, -0.25) is 9.59 Å². The standard InChI is InChI=1S/C32H40N2O5/c1-34(20-22-8-6-4-3-5-7-9-22)16-14-25(15-17-34)33-31(36)30-26-18-23(21-35)10-12-28(26)39-29-13-11-24(19-27(29)30)32(37)38-2/h10-13,18-19,21-22,25,30H,3-9,14-17,20H2,1-2H3/p+1. The molecule has 0 spiro atoms. The number of nitrogens with zero attached hydrogens (tertiary/aromatic N) is 1. The monoisotopic (exact) mass is 533 g/mol. The van der Waals surface area contributed by atoms with Gasteiger partial charge in [0.1, 0.15) is 17.8 Å². The smallest absolute Gasteiger partial charge is 0.337 e. The molecule has 1 saturated heterocycles. The van der Waals surface area contributed by atoms with Crippen LogP contribution in [0, 0.1) is 5.92 Å². The number of esters is 1. The Morgan fingerprint density at radius 3 is 2.26 bits per heavy atom. The Morgan fingerprint density at radius 2 is 1.59 bits per heavy atom. The van der Waals surface area contributed by atoms with E-state index in [1.165, 1.54) is 58.6 Å². The SMILES string of the molecule is COC(=O)c1ccc2c(c1)C(C(=O)NC1CC[N+](C)(CC3CCCCCCC3)CC1)c1cc(C=O)ccc1O2. The predicted octanol–water partition coefficient (Wildman–Crippen LogP) is 5.61. The summed E-state index contributed by atoms with van der Waals surface area (Å²) in [5.74, 6) is 0.594. The molecule has 7 nitrogen and oxygen atoms in total. The molecular formula is C32H41N2O5+. The number of fused-ring (bicyclic) bond motifs is 2. The molecule has 3 aliphatic rings. The number of nitrogens with one attached hydrogen (secondary N) is 1. The summed E-state index contributed by atoms with van der Waals surface area (Å²) in [4.78, 5) is 37.7. The average molecular weight is 534 g/mol. The zero-order chi connectivity index (χ0) is 27.4. The highest BCUT2D eigenvalue weighted by Crippen LogP contribution is 2.45. The molecule has 1 saturated carbocycles. The molecule has 1 unspecified atom stereocenters. The highest BCUT2D eigenvalue weighted by molar-refractivity contribution is 5.94.